The average Bonchev–Trinajstić information content (AvgIpc) is 2.53. The SMILES string of the molecule is CCOC(=O)C(C(CC)n1ccc(=O)nc1[S-])P(=O)(OCC)OCC.[Li+]. The molecule has 0 aliphatic carbocycles. The molecule has 1 aromatic rings. The van der Waals surface area contributed by atoms with Gasteiger partial charge in [0.05, 0.1) is 25.9 Å². The van der Waals surface area contributed by atoms with E-state index >= 15 is 0 Å². The fourth-order valence-corrected chi connectivity index (χ4v) is 5.01. The van der Waals surface area contributed by atoms with Crippen molar-refractivity contribution < 1.29 is 42.0 Å². The molecular formula is C15H24LiN2O6PS. The van der Waals surface area contributed by atoms with Gasteiger partial charge in [-0.05, 0) is 32.3 Å². The number of rotatable bonds is 10. The van der Waals surface area contributed by atoms with Crippen LogP contribution in [-0.4, -0.2) is 41.0 Å². The fourth-order valence-electron chi connectivity index (χ4n) is 2.50. The topological polar surface area (TPSA) is 96.7 Å². The van der Waals surface area contributed by atoms with Gasteiger partial charge in [0.25, 0.3) is 5.56 Å². The van der Waals surface area contributed by atoms with Crippen LogP contribution < -0.4 is 24.4 Å². The Hall–Kier alpha value is -0.683. The molecule has 0 radical (unpaired) electrons. The summed E-state index contributed by atoms with van der Waals surface area (Å²) < 4.78 is 30.6. The Morgan fingerprint density at radius 1 is 1.23 bits per heavy atom. The van der Waals surface area contributed by atoms with Crippen molar-refractivity contribution in [3.8, 4) is 0 Å². The second-order valence-corrected chi connectivity index (χ2v) is 7.52. The van der Waals surface area contributed by atoms with Crippen LogP contribution >= 0.6 is 7.60 Å². The Balaban J connectivity index is 0.00000625. The monoisotopic (exact) mass is 398 g/mol. The third-order valence-electron chi connectivity index (χ3n) is 3.43. The van der Waals surface area contributed by atoms with E-state index in [0.29, 0.717) is 6.42 Å². The zero-order valence-corrected chi connectivity index (χ0v) is 17.5. The van der Waals surface area contributed by atoms with Crippen LogP contribution in [0.5, 0.6) is 0 Å². The predicted octanol–water partition coefficient (Wildman–Crippen LogP) is -0.698. The Morgan fingerprint density at radius 3 is 2.23 bits per heavy atom. The molecule has 11 heteroatoms. The number of carbonyl (C=O) groups is 1. The van der Waals surface area contributed by atoms with Gasteiger partial charge in [0.15, 0.2) is 5.66 Å². The van der Waals surface area contributed by atoms with Gasteiger partial charge in [-0.25, -0.2) is 4.98 Å². The van der Waals surface area contributed by atoms with Gasteiger partial charge in [0, 0.05) is 12.3 Å². The number of carbonyl (C=O) groups excluding carboxylic acids is 1. The van der Waals surface area contributed by atoms with Crippen molar-refractivity contribution in [1.82, 2.24) is 9.55 Å². The molecule has 0 saturated heterocycles. The van der Waals surface area contributed by atoms with Crippen LogP contribution in [0.15, 0.2) is 22.2 Å². The van der Waals surface area contributed by atoms with Gasteiger partial charge in [0.2, 0.25) is 0 Å². The van der Waals surface area contributed by atoms with Crippen molar-refractivity contribution in [2.24, 2.45) is 0 Å². The Kier molecular flexibility index (Phi) is 11.6. The first kappa shape index (κ1) is 25.3. The van der Waals surface area contributed by atoms with Crippen LogP contribution in [0.3, 0.4) is 0 Å². The van der Waals surface area contributed by atoms with E-state index in [2.05, 4.69) is 4.98 Å². The number of hydrogen-bond acceptors (Lipinski definition) is 8. The molecule has 1 rings (SSSR count). The Bertz CT molecular complexity index is 676. The molecule has 0 amide bonds. The number of ether oxygens (including phenoxy) is 1. The molecule has 2 atom stereocenters. The number of hydrogen-bond donors (Lipinski definition) is 0. The van der Waals surface area contributed by atoms with Crippen LogP contribution in [0.1, 0.15) is 40.2 Å². The molecule has 142 valence electrons. The quantitative estimate of drug-likeness (QED) is 0.168. The molecule has 0 aromatic carbocycles. The standard InChI is InChI=1S/C15H25N2O6PS.Li/c1-5-11(17-10-9-12(18)16-15(17)25)13(14(19)21-6-2)24(20,22-7-3)23-8-4;/h9-11,13H,5-8H2,1-4H3,(H,16,18,25);/q;+1/p-1. The summed E-state index contributed by atoms with van der Waals surface area (Å²) in [5.41, 5.74) is -1.70. The second kappa shape index (κ2) is 11.9. The zero-order valence-electron chi connectivity index (χ0n) is 15.8. The third kappa shape index (κ3) is 6.19. The molecule has 0 bridgehead atoms. The second-order valence-electron chi connectivity index (χ2n) is 5.00. The van der Waals surface area contributed by atoms with E-state index in [0.717, 1.165) is 0 Å². The van der Waals surface area contributed by atoms with Crippen LogP contribution in [-0.2, 0) is 35.8 Å². The summed E-state index contributed by atoms with van der Waals surface area (Å²) in [7, 11) is -3.83. The van der Waals surface area contributed by atoms with Crippen LogP contribution in [0.25, 0.3) is 0 Å². The first-order valence-electron chi connectivity index (χ1n) is 8.16. The molecular weight excluding hydrogens is 374 g/mol. The zero-order chi connectivity index (χ0) is 19.0. The molecule has 0 aliphatic rings. The average molecular weight is 398 g/mol. The number of nitrogens with zero attached hydrogens (tertiary/aromatic N) is 2. The van der Waals surface area contributed by atoms with Gasteiger partial charge in [-0.1, -0.05) is 6.92 Å². The normalized spacial score (nSPS) is 13.5. The van der Waals surface area contributed by atoms with E-state index in [-0.39, 0.29) is 43.8 Å². The van der Waals surface area contributed by atoms with Gasteiger partial charge >= 0.3 is 32.4 Å². The van der Waals surface area contributed by atoms with E-state index in [1.165, 1.54) is 16.8 Å². The predicted molar refractivity (Wildman–Crippen MR) is 94.7 cm³/mol. The summed E-state index contributed by atoms with van der Waals surface area (Å²) in [6.45, 7) is 7.10. The molecule has 1 heterocycles. The van der Waals surface area contributed by atoms with Crippen LogP contribution in [0.2, 0.25) is 0 Å². The van der Waals surface area contributed by atoms with E-state index < -0.39 is 30.8 Å². The Labute approximate surface area is 171 Å². The molecule has 0 spiro atoms. The summed E-state index contributed by atoms with van der Waals surface area (Å²) in [6, 6.07) is 0.538. The molecule has 1 aromatic heterocycles. The molecule has 0 N–H and O–H groups in total. The molecule has 26 heavy (non-hydrogen) atoms. The van der Waals surface area contributed by atoms with E-state index in [1.54, 1.807) is 27.7 Å². The van der Waals surface area contributed by atoms with Crippen molar-refractivity contribution in [2.75, 3.05) is 19.8 Å². The van der Waals surface area contributed by atoms with Gasteiger partial charge in [0.1, 0.15) is 0 Å². The van der Waals surface area contributed by atoms with Gasteiger partial charge < -0.3 is 31.0 Å². The first-order valence-corrected chi connectivity index (χ1v) is 10.2. The number of esters is 1. The van der Waals surface area contributed by atoms with Gasteiger partial charge in [-0.2, -0.15) is 0 Å². The third-order valence-corrected chi connectivity index (χ3v) is 6.21. The number of aromatic nitrogens is 2. The van der Waals surface area contributed by atoms with Crippen molar-refractivity contribution in [1.29, 1.82) is 0 Å². The van der Waals surface area contributed by atoms with Gasteiger partial charge in [-0.15, -0.1) is 0 Å². The summed E-state index contributed by atoms with van der Waals surface area (Å²) in [5.74, 6) is -0.701. The summed E-state index contributed by atoms with van der Waals surface area (Å²) in [5, 5.41) is -0.00630. The largest absolute Gasteiger partial charge is 1.00 e. The van der Waals surface area contributed by atoms with Crippen LogP contribution in [0.4, 0.5) is 0 Å². The summed E-state index contributed by atoms with van der Waals surface area (Å²) in [4.78, 5) is 27.7. The minimum atomic E-state index is -3.83. The smallest absolute Gasteiger partial charge is 0.742 e. The van der Waals surface area contributed by atoms with E-state index in [4.69, 9.17) is 26.4 Å². The van der Waals surface area contributed by atoms with Crippen molar-refractivity contribution in [2.45, 2.75) is 51.0 Å². The van der Waals surface area contributed by atoms with Crippen molar-refractivity contribution in [3.63, 3.8) is 0 Å². The molecule has 2 unspecified atom stereocenters. The summed E-state index contributed by atoms with van der Waals surface area (Å²) in [6.07, 6.45) is 1.81. The van der Waals surface area contributed by atoms with Crippen LogP contribution in [0, 0.1) is 0 Å². The van der Waals surface area contributed by atoms with Gasteiger partial charge in [-0.3, -0.25) is 14.2 Å². The van der Waals surface area contributed by atoms with Crippen molar-refractivity contribution >= 4 is 26.2 Å². The maximum atomic E-state index is 13.3. The fraction of sp³-hybridized carbons (Fsp3) is 0.667. The van der Waals surface area contributed by atoms with E-state index in [1.807, 2.05) is 0 Å². The molecule has 0 fully saturated rings. The van der Waals surface area contributed by atoms with E-state index in [9.17, 15) is 14.2 Å². The molecule has 0 aliphatic heterocycles. The minimum Gasteiger partial charge on any atom is -0.742 e. The minimum absolute atomic E-state index is 0. The van der Waals surface area contributed by atoms with Crippen molar-refractivity contribution in [3.05, 3.63) is 22.6 Å². The first-order chi connectivity index (χ1) is 11.8. The maximum absolute atomic E-state index is 13.3. The Morgan fingerprint density at radius 2 is 1.81 bits per heavy atom. The maximum Gasteiger partial charge on any atom is 1.00 e. The molecule has 0 saturated carbocycles. The summed E-state index contributed by atoms with van der Waals surface area (Å²) >= 11 is 5.13. The molecule has 8 nitrogen and oxygen atoms in total.